The molecule has 0 bridgehead atoms. The number of aromatic nitrogens is 2. The van der Waals surface area contributed by atoms with Gasteiger partial charge in [-0.05, 0) is 20.3 Å². The van der Waals surface area contributed by atoms with Crippen molar-refractivity contribution in [2.75, 3.05) is 5.32 Å². The summed E-state index contributed by atoms with van der Waals surface area (Å²) in [5, 5.41) is 4.34. The molecular formula is C11H21N3S. The normalized spacial score (nSPS) is 12.7. The first-order valence-corrected chi connectivity index (χ1v) is 6.56. The molecule has 1 rings (SSSR count). The van der Waals surface area contributed by atoms with Crippen molar-refractivity contribution in [3.8, 4) is 0 Å². The fraction of sp³-hybridized carbons (Fsp3) is 0.818. The van der Waals surface area contributed by atoms with Crippen molar-refractivity contribution in [3.63, 3.8) is 0 Å². The van der Waals surface area contributed by atoms with Crippen LogP contribution in [0.3, 0.4) is 0 Å². The molecule has 0 radical (unpaired) electrons. The third-order valence-corrected chi connectivity index (χ3v) is 3.13. The SMILES string of the molecule is CCCCCCC(C)Nc1nc(C)ns1. The number of nitrogens with zero attached hydrogens (tertiary/aromatic N) is 2. The quantitative estimate of drug-likeness (QED) is 0.723. The summed E-state index contributed by atoms with van der Waals surface area (Å²) in [5.41, 5.74) is 0. The van der Waals surface area contributed by atoms with Crippen LogP contribution in [0.5, 0.6) is 0 Å². The summed E-state index contributed by atoms with van der Waals surface area (Å²) in [5.74, 6) is 0.862. The topological polar surface area (TPSA) is 37.8 Å². The van der Waals surface area contributed by atoms with E-state index in [4.69, 9.17) is 0 Å². The van der Waals surface area contributed by atoms with E-state index in [1.54, 1.807) is 0 Å². The smallest absolute Gasteiger partial charge is 0.202 e. The molecule has 0 saturated heterocycles. The zero-order valence-electron chi connectivity index (χ0n) is 9.92. The van der Waals surface area contributed by atoms with Crippen LogP contribution in [0.25, 0.3) is 0 Å². The first kappa shape index (κ1) is 12.4. The molecule has 15 heavy (non-hydrogen) atoms. The fourth-order valence-electron chi connectivity index (χ4n) is 1.52. The van der Waals surface area contributed by atoms with Gasteiger partial charge in [-0.15, -0.1) is 0 Å². The Balaban J connectivity index is 2.15. The molecule has 3 nitrogen and oxygen atoms in total. The molecule has 1 aromatic rings. The third kappa shape index (κ3) is 5.11. The highest BCUT2D eigenvalue weighted by Crippen LogP contribution is 2.14. The molecule has 0 amide bonds. The average molecular weight is 227 g/mol. The minimum absolute atomic E-state index is 0.509. The Morgan fingerprint density at radius 1 is 1.33 bits per heavy atom. The van der Waals surface area contributed by atoms with E-state index in [0.717, 1.165) is 11.0 Å². The zero-order chi connectivity index (χ0) is 11.1. The first-order chi connectivity index (χ1) is 7.22. The van der Waals surface area contributed by atoms with Crippen molar-refractivity contribution in [1.82, 2.24) is 9.36 Å². The largest absolute Gasteiger partial charge is 0.358 e. The number of rotatable bonds is 7. The van der Waals surface area contributed by atoms with Crippen molar-refractivity contribution >= 4 is 16.7 Å². The van der Waals surface area contributed by atoms with E-state index < -0.39 is 0 Å². The highest BCUT2D eigenvalue weighted by atomic mass is 32.1. The van der Waals surface area contributed by atoms with Crippen LogP contribution < -0.4 is 5.32 Å². The van der Waals surface area contributed by atoms with Crippen molar-refractivity contribution in [2.45, 2.75) is 58.9 Å². The number of unbranched alkanes of at least 4 members (excludes halogenated alkanes) is 3. The van der Waals surface area contributed by atoms with E-state index in [9.17, 15) is 0 Å². The molecule has 1 unspecified atom stereocenters. The maximum Gasteiger partial charge on any atom is 0.202 e. The second-order valence-electron chi connectivity index (χ2n) is 4.04. The molecule has 4 heteroatoms. The van der Waals surface area contributed by atoms with Gasteiger partial charge in [0.1, 0.15) is 5.82 Å². The monoisotopic (exact) mass is 227 g/mol. The lowest BCUT2D eigenvalue weighted by Crippen LogP contribution is -2.14. The molecule has 1 atom stereocenters. The number of nitrogens with one attached hydrogen (secondary N) is 1. The van der Waals surface area contributed by atoms with Crippen molar-refractivity contribution in [1.29, 1.82) is 0 Å². The summed E-state index contributed by atoms with van der Waals surface area (Å²) in [6, 6.07) is 0.509. The summed E-state index contributed by atoms with van der Waals surface area (Å²) >= 11 is 1.45. The summed E-state index contributed by atoms with van der Waals surface area (Å²) in [4.78, 5) is 4.29. The van der Waals surface area contributed by atoms with Gasteiger partial charge >= 0.3 is 0 Å². The maximum atomic E-state index is 4.29. The van der Waals surface area contributed by atoms with E-state index in [1.165, 1.54) is 43.6 Å². The van der Waals surface area contributed by atoms with E-state index >= 15 is 0 Å². The van der Waals surface area contributed by atoms with Gasteiger partial charge in [-0.2, -0.15) is 4.37 Å². The van der Waals surface area contributed by atoms with Crippen LogP contribution in [0.15, 0.2) is 0 Å². The fourth-order valence-corrected chi connectivity index (χ4v) is 2.20. The van der Waals surface area contributed by atoms with Crippen molar-refractivity contribution < 1.29 is 0 Å². The second kappa shape index (κ2) is 6.77. The van der Waals surface area contributed by atoms with Crippen molar-refractivity contribution in [2.24, 2.45) is 0 Å². The first-order valence-electron chi connectivity index (χ1n) is 5.79. The number of hydrogen-bond donors (Lipinski definition) is 1. The Morgan fingerprint density at radius 2 is 2.13 bits per heavy atom. The number of aryl methyl sites for hydroxylation is 1. The van der Waals surface area contributed by atoms with Gasteiger partial charge in [0.05, 0.1) is 0 Å². The van der Waals surface area contributed by atoms with E-state index in [1.807, 2.05) is 6.92 Å². The Kier molecular flexibility index (Phi) is 5.61. The molecule has 0 fully saturated rings. The van der Waals surface area contributed by atoms with E-state index in [0.29, 0.717) is 6.04 Å². The maximum absolute atomic E-state index is 4.29. The van der Waals surface area contributed by atoms with Crippen LogP contribution >= 0.6 is 11.5 Å². The summed E-state index contributed by atoms with van der Waals surface area (Å²) in [7, 11) is 0. The van der Waals surface area contributed by atoms with Crippen LogP contribution in [-0.2, 0) is 0 Å². The van der Waals surface area contributed by atoms with Gasteiger partial charge in [0.25, 0.3) is 0 Å². The van der Waals surface area contributed by atoms with Crippen molar-refractivity contribution in [3.05, 3.63) is 5.82 Å². The van der Waals surface area contributed by atoms with E-state index in [2.05, 4.69) is 28.5 Å². The second-order valence-corrected chi connectivity index (χ2v) is 4.79. The van der Waals surface area contributed by atoms with Gasteiger partial charge in [0.2, 0.25) is 5.13 Å². The molecule has 0 aliphatic carbocycles. The lowest BCUT2D eigenvalue weighted by Gasteiger charge is -2.11. The Morgan fingerprint density at radius 3 is 2.73 bits per heavy atom. The van der Waals surface area contributed by atoms with Crippen LogP contribution in [-0.4, -0.2) is 15.4 Å². The Hall–Kier alpha value is -0.640. The zero-order valence-corrected chi connectivity index (χ0v) is 10.7. The molecule has 0 spiro atoms. The summed E-state index contributed by atoms with van der Waals surface area (Å²) < 4.78 is 4.15. The lowest BCUT2D eigenvalue weighted by molar-refractivity contribution is 0.594. The molecule has 1 N–H and O–H groups in total. The highest BCUT2D eigenvalue weighted by molar-refractivity contribution is 7.09. The van der Waals surface area contributed by atoms with Gasteiger partial charge in [-0.25, -0.2) is 4.98 Å². The molecule has 0 aliphatic heterocycles. The molecule has 0 aromatic carbocycles. The Bertz CT molecular complexity index is 273. The average Bonchev–Trinajstić information content (AvgIpc) is 2.59. The molecular weight excluding hydrogens is 206 g/mol. The third-order valence-electron chi connectivity index (χ3n) is 2.39. The minimum Gasteiger partial charge on any atom is -0.358 e. The van der Waals surface area contributed by atoms with Gasteiger partial charge in [-0.3, -0.25) is 0 Å². The minimum atomic E-state index is 0.509. The predicted molar refractivity (Wildman–Crippen MR) is 66.5 cm³/mol. The van der Waals surface area contributed by atoms with Crippen LogP contribution in [0.2, 0.25) is 0 Å². The van der Waals surface area contributed by atoms with Crippen LogP contribution in [0.4, 0.5) is 5.13 Å². The van der Waals surface area contributed by atoms with Gasteiger partial charge in [0.15, 0.2) is 0 Å². The standard InChI is InChI=1S/C11H21N3S/c1-4-5-6-7-8-9(2)12-11-13-10(3)14-15-11/h9H,4-8H2,1-3H3,(H,12,13,14). The molecule has 1 aromatic heterocycles. The molecule has 0 saturated carbocycles. The number of anilines is 1. The van der Waals surface area contributed by atoms with Gasteiger partial charge < -0.3 is 5.32 Å². The molecule has 1 heterocycles. The summed E-state index contributed by atoms with van der Waals surface area (Å²) in [6.07, 6.45) is 6.53. The van der Waals surface area contributed by atoms with Crippen LogP contribution in [0, 0.1) is 6.92 Å². The van der Waals surface area contributed by atoms with Crippen LogP contribution in [0.1, 0.15) is 51.8 Å². The van der Waals surface area contributed by atoms with E-state index in [-0.39, 0.29) is 0 Å². The predicted octanol–water partition coefficient (Wildman–Crippen LogP) is 3.62. The number of hydrogen-bond acceptors (Lipinski definition) is 4. The Labute approximate surface area is 96.5 Å². The van der Waals surface area contributed by atoms with Gasteiger partial charge in [0, 0.05) is 17.6 Å². The summed E-state index contributed by atoms with van der Waals surface area (Å²) in [6.45, 7) is 6.38. The lowest BCUT2D eigenvalue weighted by atomic mass is 10.1. The highest BCUT2D eigenvalue weighted by Gasteiger charge is 2.04. The molecule has 86 valence electrons. The van der Waals surface area contributed by atoms with Gasteiger partial charge in [-0.1, -0.05) is 32.6 Å². The molecule has 0 aliphatic rings.